The minimum absolute atomic E-state index is 0.130. The summed E-state index contributed by atoms with van der Waals surface area (Å²) in [4.78, 5) is 51.4. The molecule has 20 nitrogen and oxygen atoms in total. The van der Waals surface area contributed by atoms with Gasteiger partial charge in [0.2, 0.25) is 0 Å². The van der Waals surface area contributed by atoms with E-state index in [9.17, 15) is 30.6 Å². The molecule has 9 heterocycles. The molecule has 2 amide bonds. The smallest absolute Gasteiger partial charge is 0.399 e. The standard InChI is InChI=1S/C26H22N8O.C22H17ClN6O.C10H17BN2O2/c1-16-22(19-7-18(10-27)24(31-11-19)20-12-32-34(4)14-20)9-21(13-30-16)33-25(35)17-5-6-29-23(8-17)26(2,3)15-28;1-13-18(16-6-15(9-24)20(23)28-10-16)8-17(11-27-13)29-21(30)14-4-5-26-19(7-14)22(2,3)12-25;1-9(2)10(3,4)15-11(14-9)8-6-12-13(5)7-8/h5-9,11-14H,1-4H3,(H,33,35);4-8,10-11H,1-3H3,(H,29,30);6-7H,1-5H3. The fraction of sp³-hybridized carbons (Fsp3) is 0.276. The molecule has 0 spiro atoms. The lowest BCUT2D eigenvalue weighted by Gasteiger charge is -2.32. The molecule has 22 heteroatoms. The molecule has 0 aliphatic carbocycles. The zero-order valence-electron chi connectivity index (χ0n) is 46.2. The van der Waals surface area contributed by atoms with Gasteiger partial charge in [-0.15, -0.1) is 0 Å². The van der Waals surface area contributed by atoms with Crippen LogP contribution in [0.25, 0.3) is 33.5 Å². The second kappa shape index (κ2) is 23.6. The van der Waals surface area contributed by atoms with Crippen molar-refractivity contribution in [3.8, 4) is 57.8 Å². The molecule has 8 aromatic rings. The number of anilines is 2. The summed E-state index contributed by atoms with van der Waals surface area (Å²) in [6, 6.07) is 21.9. The minimum atomic E-state index is -0.817. The Morgan fingerprint density at radius 1 is 0.600 bits per heavy atom. The number of hydrogen-bond acceptors (Lipinski definition) is 16. The monoisotopic (exact) mass is 1090 g/mol. The summed E-state index contributed by atoms with van der Waals surface area (Å²) in [5.41, 5.74) is 7.77. The van der Waals surface area contributed by atoms with E-state index in [1.165, 1.54) is 12.4 Å². The van der Waals surface area contributed by atoms with E-state index in [4.69, 9.17) is 20.9 Å². The number of carbonyl (C=O) groups excluding carboxylic acids is 2. The summed E-state index contributed by atoms with van der Waals surface area (Å²) >= 11 is 5.92. The lowest BCUT2D eigenvalue weighted by atomic mass is 9.82. The number of nitrogens with zero attached hydrogens (tertiary/aromatic N) is 14. The van der Waals surface area contributed by atoms with Gasteiger partial charge >= 0.3 is 7.12 Å². The third-order valence-corrected chi connectivity index (χ3v) is 13.7. The molecule has 402 valence electrons. The van der Waals surface area contributed by atoms with Crippen molar-refractivity contribution in [2.24, 2.45) is 14.1 Å². The SMILES string of the molecule is Cc1ncc(NC(=O)c2ccnc(C(C)(C)C#N)c2)cc1-c1cnc(-c2cnn(C)c2)c(C#N)c1.Cc1ncc(NC(=O)c2ccnc(C(C)(C)C#N)c2)cc1-c1cnc(Cl)c(C#N)c1.Cn1cc(B2OC(C)(C)C(C)(C)O2)cn1. The number of carbonyl (C=O) groups is 2. The van der Waals surface area contributed by atoms with Gasteiger partial charge in [0.15, 0.2) is 0 Å². The van der Waals surface area contributed by atoms with Gasteiger partial charge in [-0.2, -0.15) is 31.2 Å². The molecule has 1 aliphatic rings. The second-order valence-corrected chi connectivity index (χ2v) is 21.2. The highest BCUT2D eigenvalue weighted by Crippen LogP contribution is 2.37. The van der Waals surface area contributed by atoms with E-state index in [2.05, 4.69) is 68.9 Å². The molecule has 0 bridgehead atoms. The van der Waals surface area contributed by atoms with Crippen LogP contribution in [0.5, 0.6) is 0 Å². The quantitative estimate of drug-likeness (QED) is 0.0952. The van der Waals surface area contributed by atoms with Crippen molar-refractivity contribution in [2.45, 2.75) is 91.3 Å². The van der Waals surface area contributed by atoms with Crippen LogP contribution in [0, 0.1) is 59.2 Å². The summed E-state index contributed by atoms with van der Waals surface area (Å²) in [5, 5.41) is 51.6. The Morgan fingerprint density at radius 2 is 1.06 bits per heavy atom. The number of halogens is 1. The van der Waals surface area contributed by atoms with Crippen LogP contribution in [0.15, 0.2) is 110 Å². The van der Waals surface area contributed by atoms with Gasteiger partial charge in [0, 0.05) is 113 Å². The third kappa shape index (κ3) is 13.2. The average Bonchev–Trinajstić information content (AvgIpc) is 4.17. The summed E-state index contributed by atoms with van der Waals surface area (Å²) < 4.78 is 15.2. The van der Waals surface area contributed by atoms with Crippen LogP contribution in [0.4, 0.5) is 11.4 Å². The molecule has 9 rings (SSSR count). The molecule has 2 N–H and O–H groups in total. The average molecular weight is 1090 g/mol. The predicted molar refractivity (Wildman–Crippen MR) is 302 cm³/mol. The Morgan fingerprint density at radius 3 is 1.50 bits per heavy atom. The van der Waals surface area contributed by atoms with Crippen LogP contribution in [0.2, 0.25) is 5.15 Å². The van der Waals surface area contributed by atoms with Crippen LogP contribution >= 0.6 is 11.6 Å². The van der Waals surface area contributed by atoms with Crippen LogP contribution in [-0.4, -0.2) is 79.6 Å². The fourth-order valence-electron chi connectivity index (χ4n) is 7.82. The van der Waals surface area contributed by atoms with Crippen LogP contribution in [0.3, 0.4) is 0 Å². The van der Waals surface area contributed by atoms with E-state index in [0.717, 1.165) is 27.8 Å². The van der Waals surface area contributed by atoms with E-state index < -0.39 is 10.8 Å². The molecular weight excluding hydrogens is 1030 g/mol. The Balaban J connectivity index is 0.000000186. The van der Waals surface area contributed by atoms with Crippen molar-refractivity contribution in [1.82, 2.24) is 49.5 Å². The van der Waals surface area contributed by atoms with Crippen molar-refractivity contribution in [2.75, 3.05) is 10.6 Å². The van der Waals surface area contributed by atoms with Gasteiger partial charge in [0.05, 0.1) is 92.3 Å². The van der Waals surface area contributed by atoms with E-state index in [1.54, 1.807) is 136 Å². The number of hydrogen-bond donors (Lipinski definition) is 2. The number of rotatable bonds is 10. The van der Waals surface area contributed by atoms with Gasteiger partial charge in [-0.3, -0.25) is 43.9 Å². The largest absolute Gasteiger partial charge is 0.498 e. The number of nitrogens with one attached hydrogen (secondary N) is 2. The minimum Gasteiger partial charge on any atom is -0.399 e. The van der Waals surface area contributed by atoms with Crippen molar-refractivity contribution in [3.05, 3.63) is 161 Å². The number of amides is 2. The van der Waals surface area contributed by atoms with Crippen molar-refractivity contribution < 1.29 is 18.9 Å². The zero-order chi connectivity index (χ0) is 58.3. The molecule has 80 heavy (non-hydrogen) atoms. The maximum atomic E-state index is 12.9. The normalized spacial score (nSPS) is 13.2. The molecule has 0 unspecified atom stereocenters. The number of aromatic nitrogens is 10. The van der Waals surface area contributed by atoms with E-state index >= 15 is 0 Å². The molecule has 1 fully saturated rings. The van der Waals surface area contributed by atoms with E-state index in [-0.39, 0.29) is 40.9 Å². The highest BCUT2D eigenvalue weighted by atomic mass is 35.5. The number of aryl methyl sites for hydroxylation is 4. The molecule has 8 aromatic heterocycles. The van der Waals surface area contributed by atoms with E-state index in [0.29, 0.717) is 62.0 Å². The Kier molecular flexibility index (Phi) is 17.2. The molecular formula is C58H56BClN16O4. The predicted octanol–water partition coefficient (Wildman–Crippen LogP) is 9.32. The Hall–Kier alpha value is -9.51. The first-order valence-corrected chi connectivity index (χ1v) is 25.3. The first-order chi connectivity index (χ1) is 37.8. The van der Waals surface area contributed by atoms with Crippen LogP contribution < -0.4 is 16.1 Å². The maximum absolute atomic E-state index is 12.9. The zero-order valence-corrected chi connectivity index (χ0v) is 47.0. The van der Waals surface area contributed by atoms with Gasteiger partial charge in [-0.25, -0.2) is 4.98 Å². The fourth-order valence-corrected chi connectivity index (χ4v) is 7.97. The van der Waals surface area contributed by atoms with Crippen molar-refractivity contribution in [1.29, 1.82) is 21.0 Å². The summed E-state index contributed by atoms with van der Waals surface area (Å²) in [6.45, 7) is 18.8. The van der Waals surface area contributed by atoms with Crippen molar-refractivity contribution in [3.63, 3.8) is 0 Å². The van der Waals surface area contributed by atoms with Gasteiger partial charge in [-0.1, -0.05) is 11.6 Å². The maximum Gasteiger partial charge on any atom is 0.498 e. The molecule has 0 radical (unpaired) electrons. The second-order valence-electron chi connectivity index (χ2n) is 20.8. The lowest BCUT2D eigenvalue weighted by Crippen LogP contribution is -2.41. The van der Waals surface area contributed by atoms with Gasteiger partial charge < -0.3 is 19.9 Å². The first kappa shape index (κ1) is 58.2. The summed E-state index contributed by atoms with van der Waals surface area (Å²) in [6.07, 6.45) is 16.5. The number of nitriles is 4. The van der Waals surface area contributed by atoms with E-state index in [1.807, 2.05) is 60.9 Å². The van der Waals surface area contributed by atoms with Crippen molar-refractivity contribution >= 4 is 47.4 Å². The molecule has 0 atom stereocenters. The van der Waals surface area contributed by atoms with Gasteiger partial charge in [-0.05, 0) is 118 Å². The Labute approximate surface area is 469 Å². The molecule has 1 saturated heterocycles. The van der Waals surface area contributed by atoms with Gasteiger partial charge in [0.1, 0.15) is 17.3 Å². The molecule has 1 aliphatic heterocycles. The highest BCUT2D eigenvalue weighted by molar-refractivity contribution is 6.62. The topological polar surface area (TPSA) is 285 Å². The Bertz CT molecular complexity index is 3820. The van der Waals surface area contributed by atoms with Crippen LogP contribution in [-0.2, 0) is 34.2 Å². The third-order valence-electron chi connectivity index (χ3n) is 13.4. The van der Waals surface area contributed by atoms with Gasteiger partial charge in [0.25, 0.3) is 11.8 Å². The molecule has 0 aromatic carbocycles. The lowest BCUT2D eigenvalue weighted by molar-refractivity contribution is 0.00578. The number of pyridine rings is 6. The summed E-state index contributed by atoms with van der Waals surface area (Å²) in [5.74, 6) is -0.697. The highest BCUT2D eigenvalue weighted by Gasteiger charge is 2.52. The van der Waals surface area contributed by atoms with Crippen LogP contribution in [0.1, 0.15) is 110 Å². The first-order valence-electron chi connectivity index (χ1n) is 24.9. The molecule has 0 saturated carbocycles. The summed E-state index contributed by atoms with van der Waals surface area (Å²) in [7, 11) is 3.38.